The molecule has 182 valence electrons. The van der Waals surface area contributed by atoms with Crippen LogP contribution in [0.3, 0.4) is 0 Å². The summed E-state index contributed by atoms with van der Waals surface area (Å²) in [7, 11) is 0. The maximum Gasteiger partial charge on any atom is 0.416 e. The van der Waals surface area contributed by atoms with Crippen LogP contribution in [0.25, 0.3) is 28.0 Å². The Bertz CT molecular complexity index is 1580. The fourth-order valence-corrected chi connectivity index (χ4v) is 3.94. The number of rotatable bonds is 6. The van der Waals surface area contributed by atoms with Crippen molar-refractivity contribution in [2.45, 2.75) is 19.0 Å². The standard InChI is InChI=1S/C24H16F4N6O2/c25-19-6-14(21-18(20-9-30-12-36-20)10-34-22(21)23(29)32-11-33-34)2-1-13(19)5-17(35)8-16-7-15(3-4-31-16)24(26,27)28/h1-4,6-7,9-12H,5,8H2,(H2,29,32,33). The number of nitrogens with zero attached hydrogens (tertiary/aromatic N) is 5. The molecule has 0 radical (unpaired) electrons. The summed E-state index contributed by atoms with van der Waals surface area (Å²) in [5.41, 5.74) is 7.14. The first-order valence-electron chi connectivity index (χ1n) is 10.5. The van der Waals surface area contributed by atoms with Gasteiger partial charge in [0.25, 0.3) is 0 Å². The smallest absolute Gasteiger partial charge is 0.416 e. The molecule has 0 saturated carbocycles. The lowest BCUT2D eigenvalue weighted by Crippen LogP contribution is -2.11. The van der Waals surface area contributed by atoms with Crippen LogP contribution in [0.1, 0.15) is 16.8 Å². The zero-order valence-corrected chi connectivity index (χ0v) is 18.3. The van der Waals surface area contributed by atoms with Gasteiger partial charge < -0.3 is 10.2 Å². The van der Waals surface area contributed by atoms with E-state index in [0.717, 1.165) is 18.3 Å². The zero-order valence-electron chi connectivity index (χ0n) is 18.3. The maximum atomic E-state index is 15.1. The normalized spacial score (nSPS) is 11.8. The fraction of sp³-hybridized carbons (Fsp3) is 0.125. The summed E-state index contributed by atoms with van der Waals surface area (Å²) in [5.74, 6) is -0.582. The highest BCUT2D eigenvalue weighted by atomic mass is 19.4. The number of alkyl halides is 3. The van der Waals surface area contributed by atoms with Crippen LogP contribution in [0.2, 0.25) is 0 Å². The Morgan fingerprint density at radius 2 is 1.94 bits per heavy atom. The average molecular weight is 496 g/mol. The van der Waals surface area contributed by atoms with Gasteiger partial charge in [0.1, 0.15) is 23.4 Å². The Morgan fingerprint density at radius 3 is 2.67 bits per heavy atom. The molecule has 5 aromatic rings. The number of oxazole rings is 1. The summed E-state index contributed by atoms with van der Waals surface area (Å²) in [5, 5.41) is 4.15. The quantitative estimate of drug-likeness (QED) is 0.344. The Kier molecular flexibility index (Phi) is 5.71. The molecule has 0 unspecified atom stereocenters. The van der Waals surface area contributed by atoms with Crippen LogP contribution in [0, 0.1) is 5.82 Å². The number of hydrogen-bond donors (Lipinski definition) is 1. The van der Waals surface area contributed by atoms with E-state index in [1.807, 2.05) is 0 Å². The molecular formula is C24H16F4N6O2. The molecule has 36 heavy (non-hydrogen) atoms. The van der Waals surface area contributed by atoms with Crippen LogP contribution in [-0.4, -0.2) is 30.3 Å². The predicted molar refractivity (Wildman–Crippen MR) is 120 cm³/mol. The summed E-state index contributed by atoms with van der Waals surface area (Å²) in [6.07, 6.45) is 1.44. The molecule has 5 rings (SSSR count). The second-order valence-corrected chi connectivity index (χ2v) is 7.95. The molecule has 0 aliphatic carbocycles. The van der Waals surface area contributed by atoms with Gasteiger partial charge in [0, 0.05) is 42.1 Å². The number of carbonyl (C=O) groups is 1. The lowest BCUT2D eigenvalue weighted by atomic mass is 9.97. The summed E-state index contributed by atoms with van der Waals surface area (Å²) >= 11 is 0. The molecule has 0 spiro atoms. The first kappa shape index (κ1) is 23.1. The van der Waals surface area contributed by atoms with Crippen LogP contribution >= 0.6 is 0 Å². The molecule has 2 N–H and O–H groups in total. The monoisotopic (exact) mass is 496 g/mol. The van der Waals surface area contributed by atoms with E-state index in [-0.39, 0.29) is 29.9 Å². The van der Waals surface area contributed by atoms with Gasteiger partial charge in [-0.3, -0.25) is 9.78 Å². The van der Waals surface area contributed by atoms with Gasteiger partial charge in [-0.25, -0.2) is 18.9 Å². The third kappa shape index (κ3) is 4.40. The summed E-state index contributed by atoms with van der Waals surface area (Å²) < 4.78 is 60.8. The van der Waals surface area contributed by atoms with E-state index >= 15 is 4.39 Å². The molecule has 4 heterocycles. The van der Waals surface area contributed by atoms with Crippen LogP contribution in [-0.2, 0) is 23.8 Å². The van der Waals surface area contributed by atoms with Gasteiger partial charge in [0.2, 0.25) is 0 Å². The van der Waals surface area contributed by atoms with E-state index in [1.165, 1.54) is 35.6 Å². The number of carbonyl (C=O) groups excluding carboxylic acids is 1. The SMILES string of the molecule is Nc1ncnn2cc(-c3cnco3)c(-c3ccc(CC(=O)Cc4cc(C(F)(F)F)ccn4)c(F)c3)c12. The van der Waals surface area contributed by atoms with Gasteiger partial charge in [0.15, 0.2) is 18.0 Å². The second kappa shape index (κ2) is 8.87. The predicted octanol–water partition coefficient (Wildman–Crippen LogP) is 4.54. The van der Waals surface area contributed by atoms with Gasteiger partial charge in [-0.15, -0.1) is 0 Å². The number of aromatic nitrogens is 5. The third-order valence-corrected chi connectivity index (χ3v) is 5.55. The summed E-state index contributed by atoms with van der Waals surface area (Å²) in [6.45, 7) is 0. The van der Waals surface area contributed by atoms with Crippen molar-refractivity contribution in [1.29, 1.82) is 0 Å². The van der Waals surface area contributed by atoms with Gasteiger partial charge in [0.05, 0.1) is 11.8 Å². The highest BCUT2D eigenvalue weighted by Gasteiger charge is 2.31. The van der Waals surface area contributed by atoms with Crippen LogP contribution in [0.4, 0.5) is 23.4 Å². The lowest BCUT2D eigenvalue weighted by Gasteiger charge is -2.09. The van der Waals surface area contributed by atoms with Crippen molar-refractivity contribution in [3.8, 4) is 22.5 Å². The molecule has 8 nitrogen and oxygen atoms in total. The lowest BCUT2D eigenvalue weighted by molar-refractivity contribution is -0.137. The first-order valence-corrected chi connectivity index (χ1v) is 10.5. The van der Waals surface area contributed by atoms with Gasteiger partial charge in [-0.05, 0) is 29.3 Å². The van der Waals surface area contributed by atoms with Crippen molar-refractivity contribution in [1.82, 2.24) is 24.6 Å². The summed E-state index contributed by atoms with van der Waals surface area (Å²) in [4.78, 5) is 24.3. The second-order valence-electron chi connectivity index (χ2n) is 7.95. The van der Waals surface area contributed by atoms with Crippen molar-refractivity contribution >= 4 is 17.1 Å². The van der Waals surface area contributed by atoms with Crippen molar-refractivity contribution in [2.75, 3.05) is 5.73 Å². The number of fused-ring (bicyclic) bond motifs is 1. The number of nitrogens with two attached hydrogens (primary N) is 1. The molecule has 0 bridgehead atoms. The molecule has 0 aliphatic rings. The minimum absolute atomic E-state index is 0.0423. The van der Waals surface area contributed by atoms with Crippen molar-refractivity contribution in [3.63, 3.8) is 0 Å². The highest BCUT2D eigenvalue weighted by Crippen LogP contribution is 2.39. The van der Waals surface area contributed by atoms with E-state index in [2.05, 4.69) is 20.1 Å². The largest absolute Gasteiger partial charge is 0.443 e. The topological polar surface area (TPSA) is 112 Å². The van der Waals surface area contributed by atoms with E-state index in [1.54, 1.807) is 12.3 Å². The first-order chi connectivity index (χ1) is 17.2. The molecule has 12 heteroatoms. The number of ketones is 1. The number of pyridine rings is 1. The molecule has 4 aromatic heterocycles. The third-order valence-electron chi connectivity index (χ3n) is 5.55. The zero-order chi connectivity index (χ0) is 25.4. The number of Topliss-reactive ketones (excluding diaryl/α,β-unsaturated/α-hetero) is 1. The molecule has 0 amide bonds. The van der Waals surface area contributed by atoms with Crippen LogP contribution < -0.4 is 5.73 Å². The molecule has 0 atom stereocenters. The number of anilines is 1. The molecule has 0 saturated heterocycles. The Hall–Kier alpha value is -4.61. The Balaban J connectivity index is 1.45. The van der Waals surface area contributed by atoms with E-state index in [9.17, 15) is 18.0 Å². The van der Waals surface area contributed by atoms with Crippen LogP contribution in [0.5, 0.6) is 0 Å². The molecule has 0 aliphatic heterocycles. The minimum Gasteiger partial charge on any atom is -0.443 e. The fourth-order valence-electron chi connectivity index (χ4n) is 3.94. The highest BCUT2D eigenvalue weighted by molar-refractivity contribution is 5.97. The van der Waals surface area contributed by atoms with Gasteiger partial charge >= 0.3 is 6.18 Å². The van der Waals surface area contributed by atoms with E-state index in [4.69, 9.17) is 10.2 Å². The molecule has 0 fully saturated rings. The Morgan fingerprint density at radius 1 is 1.11 bits per heavy atom. The van der Waals surface area contributed by atoms with Gasteiger partial charge in [-0.2, -0.15) is 18.3 Å². The van der Waals surface area contributed by atoms with E-state index in [0.29, 0.717) is 28.0 Å². The van der Waals surface area contributed by atoms with Crippen molar-refractivity contribution in [2.24, 2.45) is 0 Å². The van der Waals surface area contributed by atoms with E-state index < -0.39 is 23.3 Å². The van der Waals surface area contributed by atoms with Gasteiger partial charge in [-0.1, -0.05) is 12.1 Å². The average Bonchev–Trinajstić information content (AvgIpc) is 3.48. The molecule has 1 aromatic carbocycles. The summed E-state index contributed by atoms with van der Waals surface area (Å²) in [6, 6.07) is 5.92. The minimum atomic E-state index is -4.55. The Labute approximate surface area is 200 Å². The number of hydrogen-bond acceptors (Lipinski definition) is 7. The maximum absolute atomic E-state index is 15.1. The number of benzene rings is 1. The number of nitrogen functional groups attached to an aromatic ring is 1. The number of halogens is 4. The van der Waals surface area contributed by atoms with Crippen molar-refractivity contribution < 1.29 is 26.8 Å². The molecular weight excluding hydrogens is 480 g/mol. The van der Waals surface area contributed by atoms with Crippen molar-refractivity contribution in [3.05, 3.63) is 84.3 Å². The van der Waals surface area contributed by atoms with Crippen LogP contribution in [0.15, 0.2) is 66.1 Å².